The molecule has 0 aliphatic heterocycles. The zero-order valence-electron chi connectivity index (χ0n) is 11.6. The number of aryl methyl sites for hydroxylation is 1. The van der Waals surface area contributed by atoms with Gasteiger partial charge in [-0.05, 0) is 49.7 Å². The molecule has 0 bridgehead atoms. The third kappa shape index (κ3) is 2.45. The Labute approximate surface area is 110 Å². The van der Waals surface area contributed by atoms with E-state index < -0.39 is 11.7 Å². The maximum atomic E-state index is 10.7. The van der Waals surface area contributed by atoms with Gasteiger partial charge < -0.3 is 9.84 Å². The Morgan fingerprint density at radius 2 is 1.89 bits per heavy atom. The van der Waals surface area contributed by atoms with E-state index in [1.165, 1.54) is 0 Å². The van der Waals surface area contributed by atoms with Crippen LogP contribution in [0.4, 0.5) is 0 Å². The number of methoxy groups -OCH3 is 1. The minimum absolute atomic E-state index is 0.390. The second-order valence-electron chi connectivity index (χ2n) is 5.71. The summed E-state index contributed by atoms with van der Waals surface area (Å²) in [5.74, 6) is 0.748. The molecule has 1 N–H and O–H groups in total. The molecule has 1 fully saturated rings. The quantitative estimate of drug-likeness (QED) is 0.885. The maximum absolute atomic E-state index is 10.7. The van der Waals surface area contributed by atoms with E-state index in [0.29, 0.717) is 0 Å². The highest BCUT2D eigenvalue weighted by atomic mass is 16.5. The summed E-state index contributed by atoms with van der Waals surface area (Å²) in [5.41, 5.74) is 1.76. The van der Waals surface area contributed by atoms with Crippen molar-refractivity contribution >= 4 is 0 Å². The van der Waals surface area contributed by atoms with E-state index in [0.717, 1.165) is 42.7 Å². The molecule has 1 aliphatic carbocycles. The van der Waals surface area contributed by atoms with Crippen LogP contribution in [0.15, 0.2) is 24.3 Å². The Hall–Kier alpha value is -0.860. The molecule has 18 heavy (non-hydrogen) atoms. The molecule has 1 unspecified atom stereocenters. The van der Waals surface area contributed by atoms with E-state index in [1.54, 1.807) is 7.11 Å². The second kappa shape index (κ2) is 5.41. The molecule has 0 heterocycles. The summed E-state index contributed by atoms with van der Waals surface area (Å²) < 4.78 is 5.75. The van der Waals surface area contributed by atoms with Gasteiger partial charge in [-0.2, -0.15) is 0 Å². The Morgan fingerprint density at radius 3 is 2.44 bits per heavy atom. The first kappa shape index (κ1) is 13.6. The lowest BCUT2D eigenvalue weighted by Gasteiger charge is -2.42. The zero-order valence-corrected chi connectivity index (χ0v) is 11.6. The largest absolute Gasteiger partial charge is 0.385 e. The molecule has 0 spiro atoms. The predicted molar refractivity (Wildman–Crippen MR) is 73.5 cm³/mol. The zero-order chi connectivity index (χ0) is 13.2. The third-order valence-corrected chi connectivity index (χ3v) is 4.51. The fourth-order valence-electron chi connectivity index (χ4n) is 3.02. The number of aliphatic hydroxyl groups is 1. The highest BCUT2D eigenvalue weighted by Crippen LogP contribution is 2.43. The number of ether oxygens (including phenoxy) is 1. The van der Waals surface area contributed by atoms with E-state index in [1.807, 2.05) is 31.2 Å². The lowest BCUT2D eigenvalue weighted by Crippen LogP contribution is -2.42. The average molecular weight is 248 g/mol. The van der Waals surface area contributed by atoms with Gasteiger partial charge in [0.15, 0.2) is 0 Å². The smallest absolute Gasteiger partial charge is 0.108 e. The van der Waals surface area contributed by atoms with Crippen LogP contribution in [-0.2, 0) is 4.74 Å². The molecule has 2 heteroatoms. The van der Waals surface area contributed by atoms with Crippen molar-refractivity contribution in [3.05, 3.63) is 35.4 Å². The van der Waals surface area contributed by atoms with Crippen LogP contribution in [0.1, 0.15) is 49.8 Å². The van der Waals surface area contributed by atoms with Gasteiger partial charge in [-0.3, -0.25) is 0 Å². The van der Waals surface area contributed by atoms with E-state index in [4.69, 9.17) is 4.74 Å². The first-order chi connectivity index (χ1) is 8.59. The van der Waals surface area contributed by atoms with Crippen molar-refractivity contribution in [1.82, 2.24) is 0 Å². The van der Waals surface area contributed by atoms with E-state index in [-0.39, 0.29) is 0 Å². The fourth-order valence-corrected chi connectivity index (χ4v) is 3.02. The molecule has 0 amide bonds. The first-order valence-corrected chi connectivity index (χ1v) is 6.88. The SMILES string of the molecule is COC1(C(O)c2ccccc2C)CCC(C)CC1. The van der Waals surface area contributed by atoms with E-state index >= 15 is 0 Å². The van der Waals surface area contributed by atoms with Crippen molar-refractivity contribution in [2.45, 2.75) is 51.2 Å². The van der Waals surface area contributed by atoms with Crippen LogP contribution >= 0.6 is 0 Å². The van der Waals surface area contributed by atoms with Crippen LogP contribution in [0.25, 0.3) is 0 Å². The lowest BCUT2D eigenvalue weighted by atomic mass is 9.74. The highest BCUT2D eigenvalue weighted by molar-refractivity contribution is 5.29. The summed E-state index contributed by atoms with van der Waals surface area (Å²) in [6.07, 6.45) is 3.64. The summed E-state index contributed by atoms with van der Waals surface area (Å²) >= 11 is 0. The minimum atomic E-state index is -0.517. The van der Waals surface area contributed by atoms with Gasteiger partial charge in [-0.1, -0.05) is 31.2 Å². The normalized spacial score (nSPS) is 30.1. The molecule has 2 nitrogen and oxygen atoms in total. The molecule has 1 aromatic rings. The molecular weight excluding hydrogens is 224 g/mol. The summed E-state index contributed by atoms with van der Waals surface area (Å²) in [5, 5.41) is 10.7. The monoisotopic (exact) mass is 248 g/mol. The molecule has 1 aliphatic rings. The van der Waals surface area contributed by atoms with Gasteiger partial charge in [0, 0.05) is 7.11 Å². The first-order valence-electron chi connectivity index (χ1n) is 6.88. The molecule has 0 saturated heterocycles. The fraction of sp³-hybridized carbons (Fsp3) is 0.625. The van der Waals surface area contributed by atoms with Crippen LogP contribution in [0.2, 0.25) is 0 Å². The molecule has 1 atom stereocenters. The van der Waals surface area contributed by atoms with Gasteiger partial charge in [-0.25, -0.2) is 0 Å². The number of benzene rings is 1. The standard InChI is InChI=1S/C16H24O2/c1-12-8-10-16(18-3,11-9-12)15(17)14-7-5-4-6-13(14)2/h4-7,12,15,17H,8-11H2,1-3H3. The Bertz CT molecular complexity index is 392. The average Bonchev–Trinajstić information content (AvgIpc) is 2.40. The molecule has 100 valence electrons. The lowest BCUT2D eigenvalue weighted by molar-refractivity contribution is -0.130. The van der Waals surface area contributed by atoms with Gasteiger partial charge in [0.2, 0.25) is 0 Å². The number of rotatable bonds is 3. The molecule has 2 rings (SSSR count). The van der Waals surface area contributed by atoms with Crippen LogP contribution in [0, 0.1) is 12.8 Å². The van der Waals surface area contributed by atoms with Crippen molar-refractivity contribution in [2.75, 3.05) is 7.11 Å². The van der Waals surface area contributed by atoms with Crippen molar-refractivity contribution in [3.8, 4) is 0 Å². The molecule has 1 aromatic carbocycles. The van der Waals surface area contributed by atoms with Crippen molar-refractivity contribution < 1.29 is 9.84 Å². The predicted octanol–water partition coefficient (Wildman–Crippen LogP) is 3.62. The number of aliphatic hydroxyl groups excluding tert-OH is 1. The topological polar surface area (TPSA) is 29.5 Å². The van der Waals surface area contributed by atoms with Gasteiger partial charge >= 0.3 is 0 Å². The molecule has 0 radical (unpaired) electrons. The Balaban J connectivity index is 2.25. The van der Waals surface area contributed by atoms with Crippen LogP contribution in [-0.4, -0.2) is 17.8 Å². The van der Waals surface area contributed by atoms with Gasteiger partial charge in [-0.15, -0.1) is 0 Å². The van der Waals surface area contributed by atoms with Crippen molar-refractivity contribution in [3.63, 3.8) is 0 Å². The van der Waals surface area contributed by atoms with Crippen LogP contribution in [0.5, 0.6) is 0 Å². The Morgan fingerprint density at radius 1 is 1.28 bits per heavy atom. The summed E-state index contributed by atoms with van der Waals surface area (Å²) in [4.78, 5) is 0. The second-order valence-corrected chi connectivity index (χ2v) is 5.71. The maximum Gasteiger partial charge on any atom is 0.108 e. The van der Waals surface area contributed by atoms with E-state index in [9.17, 15) is 5.11 Å². The molecule has 1 saturated carbocycles. The van der Waals surface area contributed by atoms with Crippen LogP contribution in [0.3, 0.4) is 0 Å². The van der Waals surface area contributed by atoms with Crippen molar-refractivity contribution in [1.29, 1.82) is 0 Å². The Kier molecular flexibility index (Phi) is 4.08. The van der Waals surface area contributed by atoms with E-state index in [2.05, 4.69) is 6.92 Å². The minimum Gasteiger partial charge on any atom is -0.385 e. The summed E-state index contributed by atoms with van der Waals surface area (Å²) in [6, 6.07) is 8.06. The number of hydrogen-bond acceptors (Lipinski definition) is 2. The van der Waals surface area contributed by atoms with Gasteiger partial charge in [0.1, 0.15) is 6.10 Å². The van der Waals surface area contributed by atoms with Crippen molar-refractivity contribution in [2.24, 2.45) is 5.92 Å². The van der Waals surface area contributed by atoms with Crippen LogP contribution < -0.4 is 0 Å². The summed E-state index contributed by atoms with van der Waals surface area (Å²) in [7, 11) is 1.73. The van der Waals surface area contributed by atoms with Gasteiger partial charge in [0.05, 0.1) is 5.60 Å². The third-order valence-electron chi connectivity index (χ3n) is 4.51. The highest BCUT2D eigenvalue weighted by Gasteiger charge is 2.41. The van der Waals surface area contributed by atoms with Gasteiger partial charge in [0.25, 0.3) is 0 Å². The molecule has 0 aromatic heterocycles. The summed E-state index contributed by atoms with van der Waals surface area (Å²) in [6.45, 7) is 4.33. The number of hydrogen-bond donors (Lipinski definition) is 1. The molecular formula is C16H24O2.